The molecular weight excluding hydrogens is 330 g/mol. The largest absolute Gasteiger partial charge is 0.493 e. The Hall–Kier alpha value is -1.79. The van der Waals surface area contributed by atoms with E-state index in [2.05, 4.69) is 15.5 Å². The van der Waals surface area contributed by atoms with Gasteiger partial charge in [0.2, 0.25) is 0 Å². The van der Waals surface area contributed by atoms with Gasteiger partial charge in [0.1, 0.15) is 5.75 Å². The number of fused-ring (bicyclic) bond motifs is 1. The van der Waals surface area contributed by atoms with Crippen molar-refractivity contribution in [3.63, 3.8) is 0 Å². The molecule has 0 saturated carbocycles. The van der Waals surface area contributed by atoms with E-state index < -0.39 is 0 Å². The molecule has 2 amide bonds. The zero-order valence-corrected chi connectivity index (χ0v) is 15.3. The third-order valence-corrected chi connectivity index (χ3v) is 5.63. The normalized spacial score (nSPS) is 23.9. The standard InChI is InChI=1S/C20H29N3O3/c24-20(22-18-3-4-19-16(12-18)2-1-10-26-19)21-17-5-8-23(9-6-17)13-15-7-11-25-14-15/h3-4,12,15,17H,1-2,5-11,13-14H2,(H2,21,22,24)/t15-/m0/s1. The zero-order valence-electron chi connectivity index (χ0n) is 15.3. The first kappa shape index (κ1) is 17.6. The van der Waals surface area contributed by atoms with Crippen LogP contribution in [0, 0.1) is 5.92 Å². The summed E-state index contributed by atoms with van der Waals surface area (Å²) in [5, 5.41) is 6.10. The molecule has 6 heteroatoms. The molecule has 0 radical (unpaired) electrons. The maximum Gasteiger partial charge on any atom is 0.319 e. The molecule has 1 aromatic rings. The van der Waals surface area contributed by atoms with Crippen molar-refractivity contribution in [1.82, 2.24) is 10.2 Å². The minimum absolute atomic E-state index is 0.107. The van der Waals surface area contributed by atoms with Crippen molar-refractivity contribution in [2.45, 2.75) is 38.1 Å². The summed E-state index contributed by atoms with van der Waals surface area (Å²) in [6.07, 6.45) is 5.26. The van der Waals surface area contributed by atoms with Crippen LogP contribution in [-0.4, -0.2) is 56.4 Å². The molecule has 142 valence electrons. The van der Waals surface area contributed by atoms with Crippen molar-refractivity contribution < 1.29 is 14.3 Å². The summed E-state index contributed by atoms with van der Waals surface area (Å²) in [5.41, 5.74) is 2.02. The number of urea groups is 1. The first-order valence-corrected chi connectivity index (χ1v) is 9.89. The number of rotatable bonds is 4. The summed E-state index contributed by atoms with van der Waals surface area (Å²) < 4.78 is 11.1. The first-order chi connectivity index (χ1) is 12.8. The number of carbonyl (C=O) groups is 1. The van der Waals surface area contributed by atoms with Gasteiger partial charge in [0, 0.05) is 38.0 Å². The molecule has 3 aliphatic heterocycles. The van der Waals surface area contributed by atoms with E-state index in [0.29, 0.717) is 5.92 Å². The number of hydrogen-bond acceptors (Lipinski definition) is 4. The number of nitrogens with one attached hydrogen (secondary N) is 2. The van der Waals surface area contributed by atoms with Crippen molar-refractivity contribution in [3.05, 3.63) is 23.8 Å². The summed E-state index contributed by atoms with van der Waals surface area (Å²) in [7, 11) is 0. The molecular formula is C20H29N3O3. The second-order valence-electron chi connectivity index (χ2n) is 7.68. The highest BCUT2D eigenvalue weighted by molar-refractivity contribution is 5.89. The minimum Gasteiger partial charge on any atom is -0.493 e. The van der Waals surface area contributed by atoms with Crippen LogP contribution in [0.4, 0.5) is 10.5 Å². The van der Waals surface area contributed by atoms with Gasteiger partial charge in [-0.3, -0.25) is 0 Å². The lowest BCUT2D eigenvalue weighted by atomic mass is 10.0. The highest BCUT2D eigenvalue weighted by Crippen LogP contribution is 2.27. The van der Waals surface area contributed by atoms with Gasteiger partial charge in [-0.15, -0.1) is 0 Å². The molecule has 4 rings (SSSR count). The molecule has 6 nitrogen and oxygen atoms in total. The van der Waals surface area contributed by atoms with Crippen LogP contribution in [0.3, 0.4) is 0 Å². The fourth-order valence-corrected chi connectivity index (χ4v) is 4.14. The van der Waals surface area contributed by atoms with Gasteiger partial charge in [-0.2, -0.15) is 0 Å². The molecule has 2 saturated heterocycles. The molecule has 1 aromatic carbocycles. The average Bonchev–Trinajstić information content (AvgIpc) is 3.16. The van der Waals surface area contributed by atoms with Crippen molar-refractivity contribution in [2.24, 2.45) is 5.92 Å². The molecule has 0 bridgehead atoms. The summed E-state index contributed by atoms with van der Waals surface area (Å²) >= 11 is 0. The fourth-order valence-electron chi connectivity index (χ4n) is 4.14. The predicted molar refractivity (Wildman–Crippen MR) is 101 cm³/mol. The van der Waals surface area contributed by atoms with Crippen LogP contribution in [-0.2, 0) is 11.2 Å². The monoisotopic (exact) mass is 359 g/mol. The average molecular weight is 359 g/mol. The Morgan fingerprint density at radius 3 is 2.88 bits per heavy atom. The van der Waals surface area contributed by atoms with Crippen LogP contribution in [0.15, 0.2) is 18.2 Å². The topological polar surface area (TPSA) is 62.8 Å². The van der Waals surface area contributed by atoms with Gasteiger partial charge in [-0.05, 0) is 61.8 Å². The Kier molecular flexibility index (Phi) is 5.60. The molecule has 26 heavy (non-hydrogen) atoms. The van der Waals surface area contributed by atoms with Gasteiger partial charge in [-0.1, -0.05) is 0 Å². The minimum atomic E-state index is -0.107. The van der Waals surface area contributed by atoms with E-state index in [9.17, 15) is 4.79 Å². The lowest BCUT2D eigenvalue weighted by Crippen LogP contribution is -2.47. The van der Waals surface area contributed by atoms with Crippen molar-refractivity contribution >= 4 is 11.7 Å². The smallest absolute Gasteiger partial charge is 0.319 e. The molecule has 0 unspecified atom stereocenters. The van der Waals surface area contributed by atoms with Crippen molar-refractivity contribution in [3.8, 4) is 5.75 Å². The third-order valence-electron chi connectivity index (χ3n) is 5.63. The molecule has 1 atom stereocenters. The van der Waals surface area contributed by atoms with Gasteiger partial charge >= 0.3 is 6.03 Å². The van der Waals surface area contributed by atoms with Crippen LogP contribution in [0.1, 0.15) is 31.2 Å². The van der Waals surface area contributed by atoms with Crippen molar-refractivity contribution in [1.29, 1.82) is 0 Å². The first-order valence-electron chi connectivity index (χ1n) is 9.89. The van der Waals surface area contributed by atoms with E-state index in [1.54, 1.807) is 0 Å². The van der Waals surface area contributed by atoms with Crippen LogP contribution < -0.4 is 15.4 Å². The molecule has 3 heterocycles. The molecule has 2 fully saturated rings. The van der Waals surface area contributed by atoms with Gasteiger partial charge in [-0.25, -0.2) is 4.79 Å². The molecule has 2 N–H and O–H groups in total. The zero-order chi connectivity index (χ0) is 17.8. The summed E-state index contributed by atoms with van der Waals surface area (Å²) in [4.78, 5) is 14.8. The van der Waals surface area contributed by atoms with Crippen molar-refractivity contribution in [2.75, 3.05) is 44.8 Å². The van der Waals surface area contributed by atoms with Crippen LogP contribution in [0.25, 0.3) is 0 Å². The highest BCUT2D eigenvalue weighted by atomic mass is 16.5. The Morgan fingerprint density at radius 1 is 1.19 bits per heavy atom. The quantitative estimate of drug-likeness (QED) is 0.868. The maximum absolute atomic E-state index is 12.3. The van der Waals surface area contributed by atoms with E-state index in [4.69, 9.17) is 9.47 Å². The second-order valence-corrected chi connectivity index (χ2v) is 7.68. The maximum atomic E-state index is 12.3. The number of nitrogens with zero attached hydrogens (tertiary/aromatic N) is 1. The van der Waals surface area contributed by atoms with E-state index in [1.807, 2.05) is 18.2 Å². The number of benzene rings is 1. The summed E-state index contributed by atoms with van der Waals surface area (Å²) in [6, 6.07) is 6.04. The number of likely N-dealkylation sites (tertiary alicyclic amines) is 1. The summed E-state index contributed by atoms with van der Waals surface area (Å²) in [6.45, 7) is 5.85. The molecule has 0 aromatic heterocycles. The second kappa shape index (κ2) is 8.27. The number of anilines is 1. The van der Waals surface area contributed by atoms with Crippen LogP contribution in [0.5, 0.6) is 5.75 Å². The molecule has 0 spiro atoms. The van der Waals surface area contributed by atoms with E-state index in [1.165, 1.54) is 12.0 Å². The number of amides is 2. The Balaban J connectivity index is 1.21. The number of hydrogen-bond donors (Lipinski definition) is 2. The van der Waals surface area contributed by atoms with Gasteiger partial charge in [0.05, 0.1) is 13.2 Å². The molecule has 0 aliphatic carbocycles. The lowest BCUT2D eigenvalue weighted by Gasteiger charge is -2.33. The SMILES string of the molecule is O=C(Nc1ccc2c(c1)CCCO2)NC1CCN(C[C@@H]2CCOC2)CC1. The van der Waals surface area contributed by atoms with Crippen LogP contribution >= 0.6 is 0 Å². The number of piperidine rings is 1. The van der Waals surface area contributed by atoms with Gasteiger partial charge in [0.15, 0.2) is 0 Å². The summed E-state index contributed by atoms with van der Waals surface area (Å²) in [5.74, 6) is 1.64. The van der Waals surface area contributed by atoms with E-state index in [-0.39, 0.29) is 12.1 Å². The predicted octanol–water partition coefficient (Wildman–Crippen LogP) is 2.63. The lowest BCUT2D eigenvalue weighted by molar-refractivity contribution is 0.148. The molecule has 3 aliphatic rings. The van der Waals surface area contributed by atoms with E-state index >= 15 is 0 Å². The number of aryl methyl sites for hydroxylation is 1. The van der Waals surface area contributed by atoms with Gasteiger partial charge < -0.3 is 25.0 Å². The Morgan fingerprint density at radius 2 is 2.08 bits per heavy atom. The fraction of sp³-hybridized carbons (Fsp3) is 0.650. The highest BCUT2D eigenvalue weighted by Gasteiger charge is 2.24. The Bertz CT molecular complexity index is 623. The number of ether oxygens (including phenoxy) is 2. The van der Waals surface area contributed by atoms with Crippen LogP contribution in [0.2, 0.25) is 0 Å². The van der Waals surface area contributed by atoms with E-state index in [0.717, 1.165) is 76.6 Å². The third kappa shape index (κ3) is 4.48. The van der Waals surface area contributed by atoms with Gasteiger partial charge in [0.25, 0.3) is 0 Å². The Labute approximate surface area is 155 Å². The number of carbonyl (C=O) groups excluding carboxylic acids is 1.